The molecule has 10 aromatic carbocycles. The third-order valence-corrected chi connectivity index (χ3v) is 12.2. The highest BCUT2D eigenvalue weighted by Gasteiger charge is 2.15. The van der Waals surface area contributed by atoms with Crippen molar-refractivity contribution in [2.45, 2.75) is 0 Å². The first-order valence-electron chi connectivity index (χ1n) is 20.8. The summed E-state index contributed by atoms with van der Waals surface area (Å²) in [7, 11) is 0. The van der Waals surface area contributed by atoms with Crippen molar-refractivity contribution in [3.05, 3.63) is 225 Å². The van der Waals surface area contributed by atoms with Crippen LogP contribution in [0, 0.1) is 0 Å². The second-order valence-corrected chi connectivity index (χ2v) is 15.8. The van der Waals surface area contributed by atoms with Crippen LogP contribution >= 0.6 is 0 Å². The van der Waals surface area contributed by atoms with Gasteiger partial charge in [0.25, 0.3) is 0 Å². The zero-order chi connectivity index (χ0) is 40.3. The predicted molar refractivity (Wildman–Crippen MR) is 256 cm³/mol. The van der Waals surface area contributed by atoms with E-state index >= 15 is 0 Å². The lowest BCUT2D eigenvalue weighted by Crippen LogP contribution is -1.92. The molecule has 0 saturated heterocycles. The highest BCUT2D eigenvalue weighted by atomic mass is 15.0. The van der Waals surface area contributed by atoms with Crippen molar-refractivity contribution in [2.75, 3.05) is 0 Å². The number of nitrogens with zero attached hydrogens (tertiary/aromatic N) is 3. The lowest BCUT2D eigenvalue weighted by molar-refractivity contribution is 1.18. The summed E-state index contributed by atoms with van der Waals surface area (Å²) >= 11 is 0. The topological polar surface area (TPSA) is 30.7 Å². The largest absolute Gasteiger partial charge is 0.309 e. The second kappa shape index (κ2) is 14.3. The van der Waals surface area contributed by atoms with Crippen molar-refractivity contribution in [3.8, 4) is 61.5 Å². The number of fused-ring (bicyclic) bond motifs is 9. The summed E-state index contributed by atoms with van der Waals surface area (Å²) in [5, 5.41) is 7.17. The highest BCUT2D eigenvalue weighted by Crippen LogP contribution is 2.38. The van der Waals surface area contributed by atoms with Crippen LogP contribution in [0.15, 0.2) is 225 Å². The summed E-state index contributed by atoms with van der Waals surface area (Å²) in [5.41, 5.74) is 16.8. The first-order chi connectivity index (χ1) is 30.2. The number of rotatable bonds is 6. The Morgan fingerprint density at radius 2 is 0.721 bits per heavy atom. The smallest absolute Gasteiger partial charge is 0.0979 e. The molecule has 3 nitrogen and oxygen atoms in total. The average Bonchev–Trinajstić information content (AvgIpc) is 3.68. The van der Waals surface area contributed by atoms with E-state index in [-0.39, 0.29) is 0 Å². The van der Waals surface area contributed by atoms with Crippen molar-refractivity contribution in [1.82, 2.24) is 14.5 Å². The quantitative estimate of drug-likeness (QED) is 0.158. The van der Waals surface area contributed by atoms with E-state index in [0.29, 0.717) is 0 Å². The predicted octanol–water partition coefficient (Wildman–Crippen LogP) is 15.4. The molecule has 0 aliphatic carbocycles. The summed E-state index contributed by atoms with van der Waals surface area (Å²) < 4.78 is 2.36. The second-order valence-electron chi connectivity index (χ2n) is 15.8. The summed E-state index contributed by atoms with van der Waals surface area (Å²) in [6, 6.07) is 78.5. The molecule has 2 aromatic heterocycles. The minimum atomic E-state index is 0.865. The van der Waals surface area contributed by atoms with Gasteiger partial charge >= 0.3 is 0 Å². The van der Waals surface area contributed by atoms with Crippen LogP contribution in [0.3, 0.4) is 0 Å². The molecule has 2 heterocycles. The monoisotopic (exact) mass is 775 g/mol. The highest BCUT2D eigenvalue weighted by molar-refractivity contribution is 6.23. The summed E-state index contributed by atoms with van der Waals surface area (Å²) in [6.45, 7) is 0. The number of hydrogen-bond donors (Lipinski definition) is 0. The maximum Gasteiger partial charge on any atom is 0.0979 e. The van der Waals surface area contributed by atoms with Gasteiger partial charge in [0, 0.05) is 32.8 Å². The van der Waals surface area contributed by atoms with E-state index in [1.54, 1.807) is 0 Å². The van der Waals surface area contributed by atoms with E-state index < -0.39 is 0 Å². The maximum absolute atomic E-state index is 5.23. The van der Waals surface area contributed by atoms with Gasteiger partial charge in [0.2, 0.25) is 0 Å². The van der Waals surface area contributed by atoms with Crippen molar-refractivity contribution in [1.29, 1.82) is 0 Å². The molecule has 0 atom stereocenters. The van der Waals surface area contributed by atoms with Crippen LogP contribution in [-0.4, -0.2) is 14.5 Å². The van der Waals surface area contributed by atoms with Gasteiger partial charge in [0.15, 0.2) is 0 Å². The van der Waals surface area contributed by atoms with Crippen LogP contribution in [0.4, 0.5) is 0 Å². The molecule has 61 heavy (non-hydrogen) atoms. The van der Waals surface area contributed by atoms with Crippen LogP contribution in [0.25, 0.3) is 116 Å². The van der Waals surface area contributed by atoms with Crippen molar-refractivity contribution in [2.24, 2.45) is 0 Å². The Hall–Kier alpha value is -8.14. The number of aromatic nitrogens is 3. The Balaban J connectivity index is 0.815. The van der Waals surface area contributed by atoms with Crippen molar-refractivity contribution < 1.29 is 0 Å². The molecule has 12 rings (SSSR count). The SMILES string of the molecule is c1ccc(-n2c3ccccc3c3cc(-c4ccc(-c5cccc(-c6ccc(-c7cccc(-c8cnc9c%10ccccc%10c%10ccccc%10c9n8)c7)cc6)c5)cc4)ccc32)cc1. The Morgan fingerprint density at radius 3 is 1.33 bits per heavy atom. The summed E-state index contributed by atoms with van der Waals surface area (Å²) in [6.07, 6.45) is 1.91. The fourth-order valence-corrected chi connectivity index (χ4v) is 9.22. The zero-order valence-electron chi connectivity index (χ0n) is 33.2. The summed E-state index contributed by atoms with van der Waals surface area (Å²) in [5.74, 6) is 0. The van der Waals surface area contributed by atoms with E-state index in [1.165, 1.54) is 71.6 Å². The normalized spacial score (nSPS) is 11.6. The molecule has 3 heteroatoms. The molecule has 0 radical (unpaired) electrons. The third kappa shape index (κ3) is 5.98. The molecule has 0 N–H and O–H groups in total. The van der Waals surface area contributed by atoms with Crippen LogP contribution in [0.1, 0.15) is 0 Å². The lowest BCUT2D eigenvalue weighted by atomic mass is 9.95. The van der Waals surface area contributed by atoms with E-state index in [1.807, 2.05) is 6.20 Å². The number of hydrogen-bond acceptors (Lipinski definition) is 2. The molecule has 0 amide bonds. The Labute approximate surface area is 353 Å². The molecule has 0 fully saturated rings. The molecular formula is C58H37N3. The molecule has 12 aromatic rings. The summed E-state index contributed by atoms with van der Waals surface area (Å²) in [4.78, 5) is 10.2. The zero-order valence-corrected chi connectivity index (χ0v) is 33.2. The van der Waals surface area contributed by atoms with Crippen LogP contribution < -0.4 is 0 Å². The number of benzene rings is 10. The fraction of sp³-hybridized carbons (Fsp3) is 0. The standard InChI is InChI=1S/C58H37N3/c1-2-16-47(17-3-1)61-55-23-9-8-20-50(55)53-36-45(32-33-56(53)61)41-30-28-39(29-31-41)43-13-10-12-42(34-43)38-24-26-40(27-25-38)44-14-11-15-46(35-44)54-37-59-57-51-21-6-4-18-48(51)49-19-5-7-22-52(49)58(57)60-54/h1-37H. The van der Waals surface area contributed by atoms with Crippen molar-refractivity contribution in [3.63, 3.8) is 0 Å². The van der Waals surface area contributed by atoms with Crippen LogP contribution in [0.2, 0.25) is 0 Å². The first-order valence-corrected chi connectivity index (χ1v) is 20.8. The van der Waals surface area contributed by atoms with Gasteiger partial charge < -0.3 is 4.57 Å². The third-order valence-electron chi connectivity index (χ3n) is 12.2. The van der Waals surface area contributed by atoms with Gasteiger partial charge in [-0.1, -0.05) is 176 Å². The minimum absolute atomic E-state index is 0.865. The first kappa shape index (κ1) is 34.9. The molecule has 0 spiro atoms. The Bertz CT molecular complexity index is 3590. The molecule has 284 valence electrons. The molecule has 0 aliphatic rings. The van der Waals surface area contributed by atoms with Gasteiger partial charge in [0.1, 0.15) is 0 Å². The average molecular weight is 776 g/mol. The van der Waals surface area contributed by atoms with Gasteiger partial charge in [-0.3, -0.25) is 4.98 Å². The number of para-hydroxylation sites is 2. The van der Waals surface area contributed by atoms with Gasteiger partial charge in [-0.05, 0) is 97.7 Å². The van der Waals surface area contributed by atoms with E-state index in [2.05, 4.69) is 223 Å². The molecule has 0 aliphatic heterocycles. The molecule has 0 unspecified atom stereocenters. The van der Waals surface area contributed by atoms with Crippen LogP contribution in [0.5, 0.6) is 0 Å². The van der Waals surface area contributed by atoms with Gasteiger partial charge in [0.05, 0.1) is 34.0 Å². The van der Waals surface area contributed by atoms with E-state index in [4.69, 9.17) is 9.97 Å². The van der Waals surface area contributed by atoms with Crippen molar-refractivity contribution >= 4 is 54.4 Å². The minimum Gasteiger partial charge on any atom is -0.309 e. The molecule has 0 saturated carbocycles. The van der Waals surface area contributed by atoms with Crippen LogP contribution in [-0.2, 0) is 0 Å². The van der Waals surface area contributed by atoms with Gasteiger partial charge in [-0.15, -0.1) is 0 Å². The Morgan fingerprint density at radius 1 is 0.279 bits per heavy atom. The lowest BCUT2D eigenvalue weighted by Gasteiger charge is -2.11. The van der Waals surface area contributed by atoms with Gasteiger partial charge in [-0.2, -0.15) is 0 Å². The van der Waals surface area contributed by atoms with E-state index in [0.717, 1.165) is 44.2 Å². The maximum atomic E-state index is 5.23. The fourth-order valence-electron chi connectivity index (χ4n) is 9.22. The Kier molecular flexibility index (Phi) is 8.17. The molecule has 0 bridgehead atoms. The molecular weight excluding hydrogens is 739 g/mol. The van der Waals surface area contributed by atoms with E-state index in [9.17, 15) is 0 Å². The van der Waals surface area contributed by atoms with Gasteiger partial charge in [-0.25, -0.2) is 4.98 Å².